The number of nitrogens with zero attached hydrogens (tertiary/aromatic N) is 2. The van der Waals surface area contributed by atoms with Gasteiger partial charge in [-0.1, -0.05) is 24.3 Å². The lowest BCUT2D eigenvalue weighted by atomic mass is 9.80. The van der Waals surface area contributed by atoms with E-state index in [4.69, 9.17) is 4.74 Å². The standard InChI is InChI=1S/C21H23N3O4/c1-4-28-21(27)18-14(3)23-13(2)17(20(25)26)19(18)16-7-5-6-15(10-16)11-24-9-8-22-12-24/h5-10,12,19,23H,4,11H2,1-3H3,(H,25,26). The Morgan fingerprint density at radius 3 is 2.64 bits per heavy atom. The number of esters is 1. The number of carboxylic acid groups (broad SMARTS) is 1. The van der Waals surface area contributed by atoms with Crippen LogP contribution in [0, 0.1) is 0 Å². The molecule has 0 bridgehead atoms. The first-order valence-corrected chi connectivity index (χ1v) is 9.06. The monoisotopic (exact) mass is 381 g/mol. The molecule has 2 heterocycles. The molecule has 0 spiro atoms. The number of ether oxygens (including phenoxy) is 1. The highest BCUT2D eigenvalue weighted by Gasteiger charge is 2.37. The third-order valence-electron chi connectivity index (χ3n) is 4.69. The van der Waals surface area contributed by atoms with Crippen molar-refractivity contribution in [3.05, 3.63) is 76.7 Å². The smallest absolute Gasteiger partial charge is 0.336 e. The van der Waals surface area contributed by atoms with E-state index in [-0.39, 0.29) is 12.2 Å². The molecular weight excluding hydrogens is 358 g/mol. The molecule has 28 heavy (non-hydrogen) atoms. The van der Waals surface area contributed by atoms with E-state index in [2.05, 4.69) is 10.3 Å². The van der Waals surface area contributed by atoms with Crippen LogP contribution in [-0.2, 0) is 20.9 Å². The molecule has 3 rings (SSSR count). The summed E-state index contributed by atoms with van der Waals surface area (Å²) in [5, 5.41) is 12.9. The summed E-state index contributed by atoms with van der Waals surface area (Å²) in [7, 11) is 0. The number of allylic oxidation sites excluding steroid dienone is 2. The van der Waals surface area contributed by atoms with Crippen molar-refractivity contribution in [2.45, 2.75) is 33.2 Å². The van der Waals surface area contributed by atoms with Crippen molar-refractivity contribution in [1.29, 1.82) is 0 Å². The second-order valence-electron chi connectivity index (χ2n) is 6.64. The van der Waals surface area contributed by atoms with Gasteiger partial charge in [-0.05, 0) is 31.9 Å². The van der Waals surface area contributed by atoms with Crippen LogP contribution in [0.5, 0.6) is 0 Å². The number of carboxylic acids is 1. The first-order valence-electron chi connectivity index (χ1n) is 9.06. The Balaban J connectivity index is 2.09. The Morgan fingerprint density at radius 1 is 1.25 bits per heavy atom. The third-order valence-corrected chi connectivity index (χ3v) is 4.69. The van der Waals surface area contributed by atoms with Crippen LogP contribution < -0.4 is 5.32 Å². The van der Waals surface area contributed by atoms with Gasteiger partial charge < -0.3 is 19.7 Å². The average molecular weight is 381 g/mol. The highest BCUT2D eigenvalue weighted by atomic mass is 16.5. The SMILES string of the molecule is CCOC(=O)C1=C(C)NC(C)=C(C(=O)O)C1c1cccc(Cn2ccnc2)c1. The maximum absolute atomic E-state index is 12.7. The van der Waals surface area contributed by atoms with E-state index < -0.39 is 17.9 Å². The number of carbonyl (C=O) groups is 2. The summed E-state index contributed by atoms with van der Waals surface area (Å²) in [6, 6.07) is 7.60. The predicted molar refractivity (Wildman–Crippen MR) is 103 cm³/mol. The van der Waals surface area contributed by atoms with Gasteiger partial charge in [0, 0.05) is 30.3 Å². The van der Waals surface area contributed by atoms with Crippen LogP contribution in [-0.4, -0.2) is 33.2 Å². The molecule has 1 unspecified atom stereocenters. The Bertz CT molecular complexity index is 958. The van der Waals surface area contributed by atoms with Gasteiger partial charge in [-0.3, -0.25) is 0 Å². The number of dihydropyridines is 1. The summed E-state index contributed by atoms with van der Waals surface area (Å²) in [5.74, 6) is -2.28. The van der Waals surface area contributed by atoms with Crippen LogP contribution in [0.25, 0.3) is 0 Å². The molecule has 146 valence electrons. The van der Waals surface area contributed by atoms with Crippen molar-refractivity contribution < 1.29 is 19.4 Å². The molecule has 1 aromatic carbocycles. The number of nitrogens with one attached hydrogen (secondary N) is 1. The molecule has 1 aliphatic heterocycles. The molecule has 1 aromatic heterocycles. The number of hydrogen-bond acceptors (Lipinski definition) is 5. The third kappa shape index (κ3) is 3.83. The predicted octanol–water partition coefficient (Wildman–Crippen LogP) is 2.81. The quantitative estimate of drug-likeness (QED) is 0.748. The molecule has 7 heteroatoms. The van der Waals surface area contributed by atoms with E-state index in [1.807, 2.05) is 35.0 Å². The van der Waals surface area contributed by atoms with Gasteiger partial charge in [0.05, 0.1) is 30.0 Å². The molecule has 0 aliphatic carbocycles. The first kappa shape index (κ1) is 19.4. The highest BCUT2D eigenvalue weighted by Crippen LogP contribution is 2.39. The minimum absolute atomic E-state index is 0.147. The molecule has 0 fully saturated rings. The number of rotatable bonds is 6. The van der Waals surface area contributed by atoms with Crippen LogP contribution in [0.1, 0.15) is 37.8 Å². The number of carbonyl (C=O) groups excluding carboxylic acids is 1. The zero-order valence-electron chi connectivity index (χ0n) is 16.1. The van der Waals surface area contributed by atoms with E-state index >= 15 is 0 Å². The van der Waals surface area contributed by atoms with E-state index in [1.54, 1.807) is 33.3 Å². The first-order chi connectivity index (χ1) is 13.4. The lowest BCUT2D eigenvalue weighted by Gasteiger charge is -2.29. The molecular formula is C21H23N3O4. The average Bonchev–Trinajstić information content (AvgIpc) is 3.14. The Labute approximate surface area is 163 Å². The number of benzene rings is 1. The zero-order chi connectivity index (χ0) is 20.3. The van der Waals surface area contributed by atoms with Crippen molar-refractivity contribution in [2.75, 3.05) is 6.61 Å². The lowest BCUT2D eigenvalue weighted by molar-refractivity contribution is -0.138. The minimum atomic E-state index is -1.07. The lowest BCUT2D eigenvalue weighted by Crippen LogP contribution is -2.31. The van der Waals surface area contributed by atoms with Crippen molar-refractivity contribution in [3.8, 4) is 0 Å². The van der Waals surface area contributed by atoms with Crippen molar-refractivity contribution in [2.24, 2.45) is 0 Å². The van der Waals surface area contributed by atoms with E-state index in [9.17, 15) is 14.7 Å². The molecule has 2 N–H and O–H groups in total. The molecule has 1 atom stereocenters. The molecule has 0 saturated heterocycles. The Hall–Kier alpha value is -3.35. The van der Waals surface area contributed by atoms with Gasteiger partial charge in [-0.25, -0.2) is 14.6 Å². The fraction of sp³-hybridized carbons (Fsp3) is 0.286. The number of aromatic nitrogens is 2. The number of imidazole rings is 1. The summed E-state index contributed by atoms with van der Waals surface area (Å²) < 4.78 is 7.14. The second-order valence-corrected chi connectivity index (χ2v) is 6.64. The van der Waals surface area contributed by atoms with Crippen LogP contribution >= 0.6 is 0 Å². The van der Waals surface area contributed by atoms with Gasteiger partial charge in [0.15, 0.2) is 0 Å². The fourth-order valence-corrected chi connectivity index (χ4v) is 3.55. The summed E-state index contributed by atoms with van der Waals surface area (Å²) in [6.07, 6.45) is 5.28. The topological polar surface area (TPSA) is 93.5 Å². The maximum atomic E-state index is 12.7. The van der Waals surface area contributed by atoms with Gasteiger partial charge in [0.25, 0.3) is 0 Å². The van der Waals surface area contributed by atoms with Crippen molar-refractivity contribution >= 4 is 11.9 Å². The van der Waals surface area contributed by atoms with E-state index in [0.717, 1.165) is 11.1 Å². The second kappa shape index (κ2) is 8.12. The zero-order valence-corrected chi connectivity index (χ0v) is 16.1. The number of hydrogen-bond donors (Lipinski definition) is 2. The van der Waals surface area contributed by atoms with Crippen molar-refractivity contribution in [1.82, 2.24) is 14.9 Å². The molecule has 1 aliphatic rings. The highest BCUT2D eigenvalue weighted by molar-refractivity contribution is 5.99. The molecule has 0 amide bonds. The fourth-order valence-electron chi connectivity index (χ4n) is 3.55. The maximum Gasteiger partial charge on any atom is 0.336 e. The van der Waals surface area contributed by atoms with E-state index in [1.165, 1.54) is 0 Å². The largest absolute Gasteiger partial charge is 0.478 e. The van der Waals surface area contributed by atoms with Crippen LogP contribution in [0.15, 0.2) is 65.5 Å². The van der Waals surface area contributed by atoms with Crippen LogP contribution in [0.3, 0.4) is 0 Å². The van der Waals surface area contributed by atoms with Crippen LogP contribution in [0.2, 0.25) is 0 Å². The van der Waals surface area contributed by atoms with Gasteiger partial charge >= 0.3 is 11.9 Å². The Morgan fingerprint density at radius 2 is 2.00 bits per heavy atom. The molecule has 2 aromatic rings. The van der Waals surface area contributed by atoms with Gasteiger partial charge in [0.2, 0.25) is 0 Å². The summed E-state index contributed by atoms with van der Waals surface area (Å²) in [4.78, 5) is 28.7. The molecule has 7 nitrogen and oxygen atoms in total. The number of aliphatic carboxylic acids is 1. The van der Waals surface area contributed by atoms with Gasteiger partial charge in [0.1, 0.15) is 0 Å². The van der Waals surface area contributed by atoms with E-state index in [0.29, 0.717) is 23.5 Å². The molecule has 0 radical (unpaired) electrons. The summed E-state index contributed by atoms with van der Waals surface area (Å²) in [6.45, 7) is 6.01. The minimum Gasteiger partial charge on any atom is -0.478 e. The van der Waals surface area contributed by atoms with Crippen LogP contribution in [0.4, 0.5) is 0 Å². The van der Waals surface area contributed by atoms with Gasteiger partial charge in [-0.15, -0.1) is 0 Å². The summed E-state index contributed by atoms with van der Waals surface area (Å²) in [5.41, 5.74) is 3.31. The Kier molecular flexibility index (Phi) is 5.63. The summed E-state index contributed by atoms with van der Waals surface area (Å²) >= 11 is 0. The van der Waals surface area contributed by atoms with Crippen molar-refractivity contribution in [3.63, 3.8) is 0 Å². The molecule has 0 saturated carbocycles. The normalized spacial score (nSPS) is 16.8. The van der Waals surface area contributed by atoms with Gasteiger partial charge in [-0.2, -0.15) is 0 Å².